The van der Waals surface area contributed by atoms with Crippen LogP contribution in [0.1, 0.15) is 42.0 Å². The standard InChI is InChI=1S/C25H27ClN2O2/c1-15-9-11-27(12-10-15)23-22(19-6-5-16(2)17(3)13-19)24(29)28(25(23)30)21-8-7-20(26)14-18(21)4/h5-8,13-15H,9-12H2,1-4H3. The Kier molecular flexibility index (Phi) is 5.46. The SMILES string of the molecule is Cc1ccc(C2=C(N3CCC(C)CC3)C(=O)N(c3ccc(Cl)cc3C)C2=O)cc1C. The van der Waals surface area contributed by atoms with Crippen LogP contribution in [0.15, 0.2) is 42.1 Å². The van der Waals surface area contributed by atoms with E-state index >= 15 is 0 Å². The van der Waals surface area contributed by atoms with Crippen LogP contribution in [-0.2, 0) is 9.59 Å². The molecule has 0 atom stereocenters. The fourth-order valence-corrected chi connectivity index (χ4v) is 4.52. The van der Waals surface area contributed by atoms with Crippen molar-refractivity contribution in [3.8, 4) is 0 Å². The summed E-state index contributed by atoms with van der Waals surface area (Å²) < 4.78 is 0. The molecule has 0 N–H and O–H groups in total. The lowest BCUT2D eigenvalue weighted by Crippen LogP contribution is -2.38. The number of nitrogens with zero attached hydrogens (tertiary/aromatic N) is 2. The van der Waals surface area contributed by atoms with Crippen LogP contribution in [0.25, 0.3) is 5.57 Å². The van der Waals surface area contributed by atoms with E-state index in [1.165, 1.54) is 4.90 Å². The van der Waals surface area contributed by atoms with Crippen molar-refractivity contribution in [2.45, 2.75) is 40.5 Å². The Morgan fingerprint density at radius 2 is 1.57 bits per heavy atom. The largest absolute Gasteiger partial charge is 0.366 e. The van der Waals surface area contributed by atoms with Gasteiger partial charge in [-0.25, -0.2) is 4.90 Å². The molecule has 2 amide bonds. The average molecular weight is 423 g/mol. The minimum absolute atomic E-state index is 0.242. The summed E-state index contributed by atoms with van der Waals surface area (Å²) in [6.45, 7) is 9.77. The van der Waals surface area contributed by atoms with Crippen molar-refractivity contribution < 1.29 is 9.59 Å². The van der Waals surface area contributed by atoms with E-state index in [1.54, 1.807) is 18.2 Å². The summed E-state index contributed by atoms with van der Waals surface area (Å²) in [4.78, 5) is 30.7. The average Bonchev–Trinajstić information content (AvgIpc) is 2.95. The number of piperidine rings is 1. The van der Waals surface area contributed by atoms with Gasteiger partial charge in [0.05, 0.1) is 11.3 Å². The highest BCUT2D eigenvalue weighted by atomic mass is 35.5. The Morgan fingerprint density at radius 1 is 0.867 bits per heavy atom. The molecule has 0 aliphatic carbocycles. The van der Waals surface area contributed by atoms with Crippen LogP contribution in [0.5, 0.6) is 0 Å². The molecule has 4 nitrogen and oxygen atoms in total. The zero-order chi connectivity index (χ0) is 21.6. The van der Waals surface area contributed by atoms with Crippen molar-refractivity contribution in [3.05, 3.63) is 69.4 Å². The topological polar surface area (TPSA) is 40.6 Å². The van der Waals surface area contributed by atoms with Gasteiger partial charge < -0.3 is 4.90 Å². The lowest BCUT2D eigenvalue weighted by atomic mass is 9.96. The number of halogens is 1. The number of carbonyl (C=O) groups is 2. The van der Waals surface area contributed by atoms with Crippen LogP contribution >= 0.6 is 11.6 Å². The molecule has 2 aliphatic heterocycles. The van der Waals surface area contributed by atoms with E-state index < -0.39 is 0 Å². The van der Waals surface area contributed by atoms with Gasteiger partial charge in [0.1, 0.15) is 5.70 Å². The number of amides is 2. The van der Waals surface area contributed by atoms with Crippen molar-refractivity contribution in [3.63, 3.8) is 0 Å². The summed E-state index contributed by atoms with van der Waals surface area (Å²) in [6.07, 6.45) is 2.04. The first-order chi connectivity index (χ1) is 14.3. The number of imide groups is 1. The Balaban J connectivity index is 1.85. The lowest BCUT2D eigenvalue weighted by Gasteiger charge is -2.32. The highest BCUT2D eigenvalue weighted by Gasteiger charge is 2.43. The molecule has 0 aromatic heterocycles. The van der Waals surface area contributed by atoms with Gasteiger partial charge in [-0.1, -0.05) is 36.7 Å². The van der Waals surface area contributed by atoms with Crippen LogP contribution < -0.4 is 4.90 Å². The normalized spacial score (nSPS) is 18.0. The zero-order valence-electron chi connectivity index (χ0n) is 18.0. The number of anilines is 1. The first-order valence-corrected chi connectivity index (χ1v) is 10.9. The molecule has 0 bridgehead atoms. The van der Waals surface area contributed by atoms with E-state index in [-0.39, 0.29) is 11.8 Å². The molecule has 0 saturated carbocycles. The molecule has 0 spiro atoms. The summed E-state index contributed by atoms with van der Waals surface area (Å²) in [5.74, 6) is 0.129. The molecule has 0 unspecified atom stereocenters. The summed E-state index contributed by atoms with van der Waals surface area (Å²) >= 11 is 6.11. The molecule has 2 aliphatic rings. The third-order valence-corrected chi connectivity index (χ3v) is 6.59. The second-order valence-electron chi connectivity index (χ2n) is 8.57. The molecule has 2 aromatic carbocycles. The van der Waals surface area contributed by atoms with E-state index in [4.69, 9.17) is 11.6 Å². The van der Waals surface area contributed by atoms with Gasteiger partial charge in [0, 0.05) is 18.1 Å². The smallest absolute Gasteiger partial charge is 0.282 e. The van der Waals surface area contributed by atoms with Gasteiger partial charge in [-0.05, 0) is 80.0 Å². The Morgan fingerprint density at radius 3 is 2.20 bits per heavy atom. The number of likely N-dealkylation sites (tertiary alicyclic amines) is 1. The third kappa shape index (κ3) is 3.54. The maximum Gasteiger partial charge on any atom is 0.282 e. The number of carbonyl (C=O) groups excluding carboxylic acids is 2. The second kappa shape index (κ2) is 7.92. The summed E-state index contributed by atoms with van der Waals surface area (Å²) in [5, 5.41) is 0.586. The van der Waals surface area contributed by atoms with Gasteiger partial charge in [0.25, 0.3) is 11.8 Å². The third-order valence-electron chi connectivity index (χ3n) is 6.35. The van der Waals surface area contributed by atoms with Crippen LogP contribution in [0.4, 0.5) is 5.69 Å². The molecule has 4 rings (SSSR count). The Bertz CT molecular complexity index is 1060. The van der Waals surface area contributed by atoms with E-state index in [0.29, 0.717) is 27.9 Å². The van der Waals surface area contributed by atoms with Gasteiger partial charge >= 0.3 is 0 Å². The molecular weight excluding hydrogens is 396 g/mol. The number of aryl methyl sites for hydroxylation is 3. The van der Waals surface area contributed by atoms with Crippen LogP contribution in [0, 0.1) is 26.7 Å². The zero-order valence-corrected chi connectivity index (χ0v) is 18.7. The second-order valence-corrected chi connectivity index (χ2v) is 9.01. The van der Waals surface area contributed by atoms with Crippen molar-refractivity contribution in [2.75, 3.05) is 18.0 Å². The summed E-state index contributed by atoms with van der Waals surface area (Å²) in [5.41, 5.74) is 5.51. The van der Waals surface area contributed by atoms with Crippen LogP contribution in [0.2, 0.25) is 5.02 Å². The molecule has 5 heteroatoms. The van der Waals surface area contributed by atoms with Gasteiger partial charge in [-0.3, -0.25) is 9.59 Å². The first-order valence-electron chi connectivity index (χ1n) is 10.5. The van der Waals surface area contributed by atoms with Gasteiger partial charge in [-0.15, -0.1) is 0 Å². The Hall–Kier alpha value is -2.59. The van der Waals surface area contributed by atoms with E-state index in [9.17, 15) is 9.59 Å². The van der Waals surface area contributed by atoms with Crippen molar-refractivity contribution in [1.82, 2.24) is 4.90 Å². The van der Waals surface area contributed by atoms with E-state index in [0.717, 1.165) is 48.2 Å². The first kappa shape index (κ1) is 20.7. The fraction of sp³-hybridized carbons (Fsp3) is 0.360. The molecule has 1 saturated heterocycles. The number of hydrogen-bond acceptors (Lipinski definition) is 3. The van der Waals surface area contributed by atoms with Gasteiger partial charge in [-0.2, -0.15) is 0 Å². The Labute approximate surface area is 183 Å². The highest BCUT2D eigenvalue weighted by molar-refractivity contribution is 6.45. The van der Waals surface area contributed by atoms with E-state index in [1.807, 2.05) is 39.0 Å². The number of rotatable bonds is 3. The number of hydrogen-bond donors (Lipinski definition) is 0. The quantitative estimate of drug-likeness (QED) is 0.631. The van der Waals surface area contributed by atoms with Gasteiger partial charge in [0.15, 0.2) is 0 Å². The van der Waals surface area contributed by atoms with Crippen molar-refractivity contribution >= 4 is 34.7 Å². The predicted octanol–water partition coefficient (Wildman–Crippen LogP) is 5.28. The minimum atomic E-state index is -0.262. The minimum Gasteiger partial charge on any atom is -0.366 e. The van der Waals surface area contributed by atoms with Gasteiger partial charge in [0.2, 0.25) is 0 Å². The maximum atomic E-state index is 13.7. The summed E-state index contributed by atoms with van der Waals surface area (Å²) in [6, 6.07) is 11.2. The molecule has 30 heavy (non-hydrogen) atoms. The van der Waals surface area contributed by atoms with E-state index in [2.05, 4.69) is 11.8 Å². The van der Waals surface area contributed by atoms with Crippen molar-refractivity contribution in [1.29, 1.82) is 0 Å². The fourth-order valence-electron chi connectivity index (χ4n) is 4.29. The molecule has 156 valence electrons. The van der Waals surface area contributed by atoms with Crippen molar-refractivity contribution in [2.24, 2.45) is 5.92 Å². The molecular formula is C25H27ClN2O2. The maximum absolute atomic E-state index is 13.7. The lowest BCUT2D eigenvalue weighted by molar-refractivity contribution is -0.120. The van der Waals surface area contributed by atoms with Crippen LogP contribution in [0.3, 0.4) is 0 Å². The molecule has 2 aromatic rings. The van der Waals surface area contributed by atoms with Crippen LogP contribution in [-0.4, -0.2) is 29.8 Å². The molecule has 2 heterocycles. The number of benzene rings is 2. The monoisotopic (exact) mass is 422 g/mol. The highest BCUT2D eigenvalue weighted by Crippen LogP contribution is 2.38. The predicted molar refractivity (Wildman–Crippen MR) is 121 cm³/mol. The molecule has 1 fully saturated rings. The molecule has 0 radical (unpaired) electrons. The summed E-state index contributed by atoms with van der Waals surface area (Å²) in [7, 11) is 0.